The van der Waals surface area contributed by atoms with Gasteiger partial charge in [0.2, 0.25) is 5.91 Å². The number of aryl methyl sites for hydroxylation is 1. The van der Waals surface area contributed by atoms with E-state index in [4.69, 9.17) is 5.11 Å². The second-order valence-electron chi connectivity index (χ2n) is 5.12. The summed E-state index contributed by atoms with van der Waals surface area (Å²) in [5, 5.41) is 11.8. The molecule has 0 aliphatic heterocycles. The van der Waals surface area contributed by atoms with Gasteiger partial charge in [0.1, 0.15) is 0 Å². The zero-order valence-corrected chi connectivity index (χ0v) is 11.8. The van der Waals surface area contributed by atoms with Gasteiger partial charge in [0.05, 0.1) is 0 Å². The van der Waals surface area contributed by atoms with Crippen LogP contribution < -0.4 is 5.32 Å². The molecule has 1 rings (SSSR count). The Morgan fingerprint density at radius 2 is 2.00 bits per heavy atom. The summed E-state index contributed by atoms with van der Waals surface area (Å²) in [5.41, 5.74) is 0.675. The molecule has 0 aromatic heterocycles. The smallest absolute Gasteiger partial charge is 0.220 e. The first-order valence-corrected chi connectivity index (χ1v) is 6.78. The van der Waals surface area contributed by atoms with Gasteiger partial charge < -0.3 is 10.4 Å². The number of aliphatic hydroxyl groups is 1. The number of benzene rings is 1. The summed E-state index contributed by atoms with van der Waals surface area (Å²) in [4.78, 5) is 11.7. The lowest BCUT2D eigenvalue weighted by Gasteiger charge is -2.19. The molecule has 0 heterocycles. The van der Waals surface area contributed by atoms with Gasteiger partial charge in [0.15, 0.2) is 11.6 Å². The van der Waals surface area contributed by atoms with Crippen molar-refractivity contribution in [3.05, 3.63) is 35.4 Å². The van der Waals surface area contributed by atoms with Crippen LogP contribution in [0.1, 0.15) is 32.3 Å². The Kier molecular flexibility index (Phi) is 6.58. The Labute approximate surface area is 118 Å². The van der Waals surface area contributed by atoms with Gasteiger partial charge in [0.25, 0.3) is 0 Å². The number of amides is 1. The normalized spacial score (nSPS) is 13.8. The molecule has 0 aliphatic carbocycles. The molecule has 0 radical (unpaired) electrons. The van der Waals surface area contributed by atoms with E-state index in [9.17, 15) is 13.6 Å². The average Bonchev–Trinajstić information content (AvgIpc) is 2.41. The van der Waals surface area contributed by atoms with Gasteiger partial charge in [-0.25, -0.2) is 8.78 Å². The molecule has 0 saturated heterocycles. The van der Waals surface area contributed by atoms with Crippen LogP contribution in [0.15, 0.2) is 18.2 Å². The molecule has 5 heteroatoms. The van der Waals surface area contributed by atoms with Crippen LogP contribution in [0.2, 0.25) is 0 Å². The molecule has 20 heavy (non-hydrogen) atoms. The van der Waals surface area contributed by atoms with Crippen molar-refractivity contribution in [3.8, 4) is 0 Å². The first-order valence-electron chi connectivity index (χ1n) is 6.78. The Hall–Kier alpha value is -1.49. The molecule has 0 bridgehead atoms. The van der Waals surface area contributed by atoms with Crippen LogP contribution >= 0.6 is 0 Å². The Bertz CT molecular complexity index is 451. The molecule has 2 atom stereocenters. The Morgan fingerprint density at radius 1 is 1.30 bits per heavy atom. The maximum absolute atomic E-state index is 13.0. The summed E-state index contributed by atoms with van der Waals surface area (Å²) in [6.45, 7) is 3.72. The monoisotopic (exact) mass is 285 g/mol. The van der Waals surface area contributed by atoms with E-state index in [0.29, 0.717) is 24.8 Å². The number of carbonyl (C=O) groups is 1. The summed E-state index contributed by atoms with van der Waals surface area (Å²) < 4.78 is 25.7. The van der Waals surface area contributed by atoms with E-state index in [1.165, 1.54) is 6.07 Å². The molecule has 2 unspecified atom stereocenters. The Morgan fingerprint density at radius 3 is 2.60 bits per heavy atom. The first kappa shape index (κ1) is 16.6. The van der Waals surface area contributed by atoms with Crippen molar-refractivity contribution in [2.24, 2.45) is 5.92 Å². The second-order valence-corrected chi connectivity index (χ2v) is 5.12. The fourth-order valence-corrected chi connectivity index (χ4v) is 1.77. The fourth-order valence-electron chi connectivity index (χ4n) is 1.77. The molecule has 0 spiro atoms. The number of carbonyl (C=O) groups excluding carboxylic acids is 1. The molecule has 1 aromatic rings. The summed E-state index contributed by atoms with van der Waals surface area (Å²) in [6.07, 6.45) is 1.41. The number of hydrogen-bond donors (Lipinski definition) is 2. The number of rotatable bonds is 7. The van der Waals surface area contributed by atoms with Crippen LogP contribution in [0, 0.1) is 17.6 Å². The lowest BCUT2D eigenvalue weighted by Crippen LogP contribution is -2.38. The Balaban J connectivity index is 2.33. The van der Waals surface area contributed by atoms with Crippen molar-refractivity contribution < 1.29 is 18.7 Å². The van der Waals surface area contributed by atoms with Gasteiger partial charge >= 0.3 is 0 Å². The van der Waals surface area contributed by atoms with Gasteiger partial charge in [-0.1, -0.05) is 13.0 Å². The van der Waals surface area contributed by atoms with Crippen LogP contribution in [0.3, 0.4) is 0 Å². The molecule has 0 saturated carbocycles. The highest BCUT2D eigenvalue weighted by Crippen LogP contribution is 2.11. The maximum atomic E-state index is 13.0. The minimum Gasteiger partial charge on any atom is -0.396 e. The first-order chi connectivity index (χ1) is 9.43. The van der Waals surface area contributed by atoms with Crippen LogP contribution in [0.4, 0.5) is 8.78 Å². The standard InChI is InChI=1S/C15H21F2NO2/c1-10(9-19)11(2)18-15(20)5-3-4-12-6-7-13(16)14(17)8-12/h6-8,10-11,19H,3-5,9H2,1-2H3,(H,18,20). The van der Waals surface area contributed by atoms with Crippen molar-refractivity contribution >= 4 is 5.91 Å². The highest BCUT2D eigenvalue weighted by Gasteiger charge is 2.13. The number of nitrogens with one attached hydrogen (secondary N) is 1. The summed E-state index contributed by atoms with van der Waals surface area (Å²) >= 11 is 0. The van der Waals surface area contributed by atoms with Crippen molar-refractivity contribution in [2.75, 3.05) is 6.61 Å². The van der Waals surface area contributed by atoms with Crippen molar-refractivity contribution in [2.45, 2.75) is 39.2 Å². The highest BCUT2D eigenvalue weighted by molar-refractivity contribution is 5.76. The van der Waals surface area contributed by atoms with Crippen molar-refractivity contribution in [1.82, 2.24) is 5.32 Å². The number of aliphatic hydroxyl groups excluding tert-OH is 1. The van der Waals surface area contributed by atoms with E-state index < -0.39 is 11.6 Å². The van der Waals surface area contributed by atoms with Crippen LogP contribution in [-0.2, 0) is 11.2 Å². The predicted octanol–water partition coefficient (Wildman–Crippen LogP) is 2.42. The van der Waals surface area contributed by atoms with Gasteiger partial charge in [-0.05, 0) is 43.4 Å². The van der Waals surface area contributed by atoms with Crippen LogP contribution in [0.5, 0.6) is 0 Å². The quantitative estimate of drug-likeness (QED) is 0.808. The number of halogens is 2. The van der Waals surface area contributed by atoms with E-state index in [-0.39, 0.29) is 24.5 Å². The molecule has 2 N–H and O–H groups in total. The molecule has 0 aliphatic rings. The molecular formula is C15H21F2NO2. The van der Waals surface area contributed by atoms with Gasteiger partial charge in [-0.2, -0.15) is 0 Å². The minimum atomic E-state index is -0.864. The third-order valence-electron chi connectivity index (χ3n) is 3.38. The molecule has 1 aromatic carbocycles. The second kappa shape index (κ2) is 7.94. The van der Waals surface area contributed by atoms with E-state index >= 15 is 0 Å². The van der Waals surface area contributed by atoms with Crippen LogP contribution in [0.25, 0.3) is 0 Å². The van der Waals surface area contributed by atoms with Gasteiger partial charge in [-0.15, -0.1) is 0 Å². The third-order valence-corrected chi connectivity index (χ3v) is 3.38. The van der Waals surface area contributed by atoms with E-state index in [1.54, 1.807) is 0 Å². The topological polar surface area (TPSA) is 49.3 Å². The van der Waals surface area contributed by atoms with Gasteiger partial charge in [-0.3, -0.25) is 4.79 Å². The lowest BCUT2D eigenvalue weighted by molar-refractivity contribution is -0.122. The average molecular weight is 285 g/mol. The molecule has 1 amide bonds. The zero-order chi connectivity index (χ0) is 15.1. The molecule has 0 fully saturated rings. The molecular weight excluding hydrogens is 264 g/mol. The van der Waals surface area contributed by atoms with Gasteiger partial charge in [0, 0.05) is 19.1 Å². The van der Waals surface area contributed by atoms with E-state index in [0.717, 1.165) is 12.1 Å². The number of hydrogen-bond acceptors (Lipinski definition) is 2. The van der Waals surface area contributed by atoms with Crippen molar-refractivity contribution in [3.63, 3.8) is 0 Å². The van der Waals surface area contributed by atoms with E-state index in [1.807, 2.05) is 13.8 Å². The van der Waals surface area contributed by atoms with Crippen LogP contribution in [-0.4, -0.2) is 23.7 Å². The molecule has 112 valence electrons. The fraction of sp³-hybridized carbons (Fsp3) is 0.533. The minimum absolute atomic E-state index is 0.00476. The summed E-state index contributed by atoms with van der Waals surface area (Å²) in [5.74, 6) is -1.82. The lowest BCUT2D eigenvalue weighted by atomic mass is 10.0. The largest absolute Gasteiger partial charge is 0.396 e. The predicted molar refractivity (Wildman–Crippen MR) is 73.2 cm³/mol. The third kappa shape index (κ3) is 5.25. The summed E-state index contributed by atoms with van der Waals surface area (Å²) in [7, 11) is 0. The highest BCUT2D eigenvalue weighted by atomic mass is 19.2. The SMILES string of the molecule is CC(CO)C(C)NC(=O)CCCc1ccc(F)c(F)c1. The molecule has 3 nitrogen and oxygen atoms in total. The maximum Gasteiger partial charge on any atom is 0.220 e. The summed E-state index contributed by atoms with van der Waals surface area (Å²) in [6, 6.07) is 3.68. The van der Waals surface area contributed by atoms with E-state index in [2.05, 4.69) is 5.32 Å². The van der Waals surface area contributed by atoms with Crippen molar-refractivity contribution in [1.29, 1.82) is 0 Å². The zero-order valence-electron chi connectivity index (χ0n) is 11.8.